The van der Waals surface area contributed by atoms with Crippen LogP contribution >= 0.6 is 0 Å². The fourth-order valence-electron chi connectivity index (χ4n) is 3.64. The number of aromatic nitrogens is 2. The first-order valence-corrected chi connectivity index (χ1v) is 13.2. The van der Waals surface area contributed by atoms with Gasteiger partial charge in [0.15, 0.2) is 5.82 Å². The third-order valence-corrected chi connectivity index (χ3v) is 9.52. The maximum Gasteiger partial charge on any atom is 0.417 e. The molecular weight excluding hydrogens is 464 g/mol. The van der Waals surface area contributed by atoms with Crippen LogP contribution < -0.4 is 15.4 Å². The molecule has 0 saturated heterocycles. The van der Waals surface area contributed by atoms with Gasteiger partial charge in [0.25, 0.3) is 0 Å². The lowest BCUT2D eigenvalue weighted by Gasteiger charge is -2.29. The van der Waals surface area contributed by atoms with Crippen molar-refractivity contribution in [1.82, 2.24) is 9.97 Å². The quantitative estimate of drug-likeness (QED) is 0.381. The number of carbonyl (C=O) groups excluding carboxylic acids is 1. The lowest BCUT2D eigenvalue weighted by molar-refractivity contribution is 0.215. The van der Waals surface area contributed by atoms with Crippen molar-refractivity contribution < 1.29 is 18.8 Å². The Balaban J connectivity index is 1.58. The van der Waals surface area contributed by atoms with Crippen molar-refractivity contribution in [3.63, 3.8) is 0 Å². The number of carbonyl (C=O) groups is 1. The third-order valence-electron chi connectivity index (χ3n) is 6.03. The number of aliphatic hydroxyl groups is 1. The number of benzene rings is 2. The van der Waals surface area contributed by atoms with Crippen LogP contribution in [0.15, 0.2) is 60.7 Å². The summed E-state index contributed by atoms with van der Waals surface area (Å²) in [5, 5.41) is 15.1. The highest BCUT2D eigenvalue weighted by Gasteiger charge is 2.43. The van der Waals surface area contributed by atoms with Crippen LogP contribution in [0.5, 0.6) is 5.75 Å². The van der Waals surface area contributed by atoms with Gasteiger partial charge in [-0.2, -0.15) is 0 Å². The van der Waals surface area contributed by atoms with Crippen LogP contribution in [0.4, 0.5) is 16.3 Å². The number of hydrogen-bond acceptors (Lipinski definition) is 7. The van der Waals surface area contributed by atoms with E-state index in [-0.39, 0.29) is 11.9 Å². The molecule has 1 aliphatic rings. The molecule has 1 unspecified atom stereocenters. The molecule has 3 N–H and O–H groups in total. The molecular formula is C26H30N4O4S. The zero-order valence-electron chi connectivity index (χ0n) is 19.9. The van der Waals surface area contributed by atoms with Gasteiger partial charge in [-0.25, -0.2) is 14.8 Å². The van der Waals surface area contributed by atoms with E-state index in [1.54, 1.807) is 54.6 Å². The topological polar surface area (TPSA) is 113 Å². The Morgan fingerprint density at radius 2 is 1.83 bits per heavy atom. The average Bonchev–Trinajstić information content (AvgIpc) is 3.70. The molecule has 1 aliphatic carbocycles. The number of para-hydroxylation sites is 1. The van der Waals surface area contributed by atoms with E-state index in [2.05, 4.69) is 21.5 Å². The number of aliphatic hydroxyl groups excluding tert-OH is 1. The van der Waals surface area contributed by atoms with Gasteiger partial charge in [0, 0.05) is 29.1 Å². The van der Waals surface area contributed by atoms with E-state index in [1.807, 2.05) is 19.9 Å². The molecule has 3 aromatic rings. The monoisotopic (exact) mass is 494 g/mol. The molecule has 1 atom stereocenters. The van der Waals surface area contributed by atoms with Gasteiger partial charge in [-0.1, -0.05) is 18.2 Å². The molecule has 8 nitrogen and oxygen atoms in total. The van der Waals surface area contributed by atoms with Gasteiger partial charge in [0.1, 0.15) is 11.6 Å². The molecule has 2 aromatic carbocycles. The van der Waals surface area contributed by atoms with Crippen LogP contribution in [0, 0.1) is 0 Å². The highest BCUT2D eigenvalue weighted by molar-refractivity contribution is 8.01. The smallest absolute Gasteiger partial charge is 0.410 e. The number of ether oxygens (including phenoxy) is 1. The number of rotatable bonds is 9. The minimum Gasteiger partial charge on any atom is -0.410 e. The van der Waals surface area contributed by atoms with Crippen LogP contribution in [0.1, 0.15) is 32.4 Å². The van der Waals surface area contributed by atoms with Crippen LogP contribution in [-0.2, 0) is 14.3 Å². The second kappa shape index (κ2) is 10.1. The summed E-state index contributed by atoms with van der Waals surface area (Å²) in [6.07, 6.45) is 1.24. The fraction of sp³-hybridized carbons (Fsp3) is 0.308. The largest absolute Gasteiger partial charge is 0.417 e. The van der Waals surface area contributed by atoms with E-state index < -0.39 is 20.4 Å². The second-order valence-electron chi connectivity index (χ2n) is 8.95. The van der Waals surface area contributed by atoms with Crippen LogP contribution in [0.2, 0.25) is 0 Å². The summed E-state index contributed by atoms with van der Waals surface area (Å²) >= 11 is 0. The first-order valence-electron chi connectivity index (χ1n) is 11.4. The van der Waals surface area contributed by atoms with Crippen LogP contribution in [-0.4, -0.2) is 49.6 Å². The van der Waals surface area contributed by atoms with E-state index in [0.717, 1.165) is 18.4 Å². The van der Waals surface area contributed by atoms with E-state index >= 15 is 0 Å². The summed E-state index contributed by atoms with van der Waals surface area (Å²) in [6, 6.07) is 17.6. The molecule has 1 amide bonds. The SMILES string of the molecule is C=S(=O)(C1CC1)C(C)(C)c1cc(NCCO)nc(-c2ccc(NC(=O)Oc3ccccc3)cc2)n1. The summed E-state index contributed by atoms with van der Waals surface area (Å²) in [6.45, 7) is 4.10. The highest BCUT2D eigenvalue weighted by atomic mass is 32.2. The lowest BCUT2D eigenvalue weighted by Crippen LogP contribution is -2.33. The highest BCUT2D eigenvalue weighted by Crippen LogP contribution is 2.41. The van der Waals surface area contributed by atoms with Crippen molar-refractivity contribution in [2.45, 2.75) is 36.7 Å². The predicted octanol–water partition coefficient (Wildman–Crippen LogP) is 4.27. The van der Waals surface area contributed by atoms with Gasteiger partial charge in [-0.15, -0.1) is 0 Å². The van der Waals surface area contributed by atoms with Crippen molar-refractivity contribution >= 4 is 33.0 Å². The van der Waals surface area contributed by atoms with Crippen molar-refractivity contribution in [3.8, 4) is 17.1 Å². The normalized spacial score (nSPS) is 15.2. The fourth-order valence-corrected chi connectivity index (χ4v) is 5.83. The molecule has 1 heterocycles. The van der Waals surface area contributed by atoms with E-state index in [1.165, 1.54) is 0 Å². The summed E-state index contributed by atoms with van der Waals surface area (Å²) in [7, 11) is -2.43. The number of hydrogen-bond donors (Lipinski definition) is 3. The zero-order chi connectivity index (χ0) is 25.1. The number of nitrogens with zero attached hydrogens (tertiary/aromatic N) is 2. The summed E-state index contributed by atoms with van der Waals surface area (Å²) in [5.74, 6) is 5.53. The molecule has 0 aliphatic heterocycles. The Morgan fingerprint density at radius 1 is 1.14 bits per heavy atom. The molecule has 1 saturated carbocycles. The molecule has 0 radical (unpaired) electrons. The average molecular weight is 495 g/mol. The van der Waals surface area contributed by atoms with Gasteiger partial charge >= 0.3 is 6.09 Å². The summed E-state index contributed by atoms with van der Waals surface area (Å²) in [4.78, 5) is 21.5. The van der Waals surface area contributed by atoms with Crippen LogP contribution in [0.25, 0.3) is 11.4 Å². The molecule has 1 fully saturated rings. The molecule has 9 heteroatoms. The molecule has 4 rings (SSSR count). The third kappa shape index (κ3) is 5.63. The molecule has 35 heavy (non-hydrogen) atoms. The number of anilines is 2. The molecule has 0 bridgehead atoms. The van der Waals surface area contributed by atoms with E-state index in [0.29, 0.717) is 35.3 Å². The van der Waals surface area contributed by atoms with E-state index in [4.69, 9.17) is 9.72 Å². The summed E-state index contributed by atoms with van der Waals surface area (Å²) in [5.41, 5.74) is 1.90. The van der Waals surface area contributed by atoms with Crippen molar-refractivity contribution in [3.05, 3.63) is 66.4 Å². The number of amides is 1. The number of nitrogens with one attached hydrogen (secondary N) is 2. The van der Waals surface area contributed by atoms with Gasteiger partial charge in [0.05, 0.1) is 17.0 Å². The Bertz CT molecular complexity index is 1290. The lowest BCUT2D eigenvalue weighted by atomic mass is 10.1. The van der Waals surface area contributed by atoms with Crippen molar-refractivity contribution in [1.29, 1.82) is 0 Å². The Morgan fingerprint density at radius 3 is 2.46 bits per heavy atom. The van der Waals surface area contributed by atoms with Gasteiger partial charge in [-0.3, -0.25) is 9.53 Å². The second-order valence-corrected chi connectivity index (χ2v) is 12.1. The first kappa shape index (κ1) is 24.7. The van der Waals surface area contributed by atoms with Gasteiger partial charge < -0.3 is 15.2 Å². The maximum absolute atomic E-state index is 13.5. The molecule has 0 spiro atoms. The first-order chi connectivity index (χ1) is 16.7. The van der Waals surface area contributed by atoms with Crippen molar-refractivity contribution in [2.75, 3.05) is 23.8 Å². The van der Waals surface area contributed by atoms with Gasteiger partial charge in [-0.05, 0) is 78.5 Å². The Kier molecular flexibility index (Phi) is 7.09. The van der Waals surface area contributed by atoms with Crippen molar-refractivity contribution in [2.24, 2.45) is 0 Å². The van der Waals surface area contributed by atoms with Crippen LogP contribution in [0.3, 0.4) is 0 Å². The zero-order valence-corrected chi connectivity index (χ0v) is 20.7. The maximum atomic E-state index is 13.5. The molecule has 184 valence electrons. The minimum atomic E-state index is -2.43. The van der Waals surface area contributed by atoms with Gasteiger partial charge in [0.2, 0.25) is 0 Å². The minimum absolute atomic E-state index is 0.0499. The Hall–Kier alpha value is -3.43. The van der Waals surface area contributed by atoms with E-state index in [9.17, 15) is 14.1 Å². The standard InChI is InChI=1S/C26H30N4O4S/c1-26(2,35(3,33)21-13-14-21)22-17-23(27-15-16-31)30-24(29-22)18-9-11-19(12-10-18)28-25(32)34-20-7-5-4-6-8-20/h4-12,17,21,31H,3,13-16H2,1-2H3,(H,28,32)(H,27,29,30). The summed E-state index contributed by atoms with van der Waals surface area (Å²) < 4.78 is 18.0. The predicted molar refractivity (Wildman–Crippen MR) is 140 cm³/mol. The Labute approximate surface area is 205 Å². The molecule has 1 aromatic heterocycles.